The van der Waals surface area contributed by atoms with Gasteiger partial charge in [0, 0.05) is 25.2 Å². The van der Waals surface area contributed by atoms with Gasteiger partial charge in [-0.2, -0.15) is 10.2 Å². The molecule has 0 saturated heterocycles. The molecule has 3 aromatic rings. The summed E-state index contributed by atoms with van der Waals surface area (Å²) in [5.74, 6) is 1.64. The normalized spacial score (nSPS) is 13.4. The fourth-order valence-corrected chi connectivity index (χ4v) is 2.50. The van der Waals surface area contributed by atoms with Crippen molar-refractivity contribution in [3.8, 4) is 0 Å². The minimum atomic E-state index is -0.125. The van der Waals surface area contributed by atoms with Crippen LogP contribution >= 0.6 is 0 Å². The van der Waals surface area contributed by atoms with Gasteiger partial charge in [-0.25, -0.2) is 9.97 Å². The molecular weight excluding hydrogens is 302 g/mol. The van der Waals surface area contributed by atoms with E-state index in [1.54, 1.807) is 4.68 Å². The smallest absolute Gasteiger partial charge is 0.163 e. The van der Waals surface area contributed by atoms with Crippen LogP contribution in [0.5, 0.6) is 0 Å². The molecule has 0 aliphatic rings. The molecule has 1 N–H and O–H groups in total. The monoisotopic (exact) mass is 327 g/mol. The third-order valence-corrected chi connectivity index (χ3v) is 4.01. The van der Waals surface area contributed by atoms with Crippen LogP contribution in [0.15, 0.2) is 18.6 Å². The van der Waals surface area contributed by atoms with Crippen molar-refractivity contribution in [1.29, 1.82) is 0 Å². The molecular formula is C17H25N7. The molecule has 24 heavy (non-hydrogen) atoms. The summed E-state index contributed by atoms with van der Waals surface area (Å²) in [4.78, 5) is 9.44. The molecule has 0 aliphatic carbocycles. The minimum Gasteiger partial charge on any atom is -0.367 e. The molecule has 3 rings (SSSR count). The summed E-state index contributed by atoms with van der Waals surface area (Å²) in [5.41, 5.74) is 1.88. The van der Waals surface area contributed by atoms with Crippen LogP contribution in [0.1, 0.15) is 45.1 Å². The van der Waals surface area contributed by atoms with E-state index < -0.39 is 0 Å². The number of nitrogens with zero attached hydrogens (tertiary/aromatic N) is 6. The first-order valence-electron chi connectivity index (χ1n) is 8.20. The fraction of sp³-hybridized carbons (Fsp3) is 0.529. The van der Waals surface area contributed by atoms with E-state index in [1.165, 1.54) is 0 Å². The topological polar surface area (TPSA) is 73.5 Å². The molecule has 1 atom stereocenters. The molecule has 0 aromatic carbocycles. The minimum absolute atomic E-state index is 0.125. The summed E-state index contributed by atoms with van der Waals surface area (Å²) in [6.07, 6.45) is 5.73. The molecule has 3 heterocycles. The lowest BCUT2D eigenvalue weighted by Gasteiger charge is -2.19. The Balaban J connectivity index is 1.90. The van der Waals surface area contributed by atoms with Crippen molar-refractivity contribution in [2.24, 2.45) is 7.05 Å². The largest absolute Gasteiger partial charge is 0.367 e. The second-order valence-electron chi connectivity index (χ2n) is 7.38. The molecule has 0 saturated carbocycles. The summed E-state index contributed by atoms with van der Waals surface area (Å²) in [5, 5.41) is 13.1. The molecule has 0 amide bonds. The maximum absolute atomic E-state index is 4.75. The predicted molar refractivity (Wildman–Crippen MR) is 95.2 cm³/mol. The van der Waals surface area contributed by atoms with Crippen LogP contribution in [-0.2, 0) is 12.5 Å². The number of fused-ring (bicyclic) bond motifs is 1. The highest BCUT2D eigenvalue weighted by Crippen LogP contribution is 2.26. The average Bonchev–Trinajstić information content (AvgIpc) is 3.10. The Bertz CT molecular complexity index is 854. The lowest BCUT2D eigenvalue weighted by molar-refractivity contribution is 0.510. The summed E-state index contributed by atoms with van der Waals surface area (Å²) in [7, 11) is 1.90. The van der Waals surface area contributed by atoms with Crippen LogP contribution in [0.3, 0.4) is 0 Å². The molecule has 3 aromatic heterocycles. The van der Waals surface area contributed by atoms with E-state index in [1.807, 2.05) is 37.2 Å². The molecule has 128 valence electrons. The second-order valence-corrected chi connectivity index (χ2v) is 7.38. The van der Waals surface area contributed by atoms with Crippen molar-refractivity contribution in [3.05, 3.63) is 30.0 Å². The van der Waals surface area contributed by atoms with Gasteiger partial charge in [0.25, 0.3) is 0 Å². The molecule has 0 radical (unpaired) electrons. The average molecular weight is 327 g/mol. The Hall–Kier alpha value is -2.44. The van der Waals surface area contributed by atoms with Gasteiger partial charge >= 0.3 is 0 Å². The Labute approximate surface area is 142 Å². The number of anilines is 1. The van der Waals surface area contributed by atoms with Crippen molar-refractivity contribution in [2.75, 3.05) is 11.9 Å². The molecule has 0 fully saturated rings. The highest BCUT2D eigenvalue weighted by atomic mass is 15.3. The van der Waals surface area contributed by atoms with Crippen molar-refractivity contribution >= 4 is 16.9 Å². The van der Waals surface area contributed by atoms with E-state index in [4.69, 9.17) is 4.98 Å². The second kappa shape index (κ2) is 5.89. The maximum Gasteiger partial charge on any atom is 0.163 e. The SMILES string of the molecule is Cc1cnn([C@H](C)CNc2nc(C(C)(C)C)nc3c2cnn3C)c1. The Morgan fingerprint density at radius 1 is 1.17 bits per heavy atom. The Morgan fingerprint density at radius 2 is 1.92 bits per heavy atom. The van der Waals surface area contributed by atoms with Crippen molar-refractivity contribution in [1.82, 2.24) is 29.5 Å². The third kappa shape index (κ3) is 3.11. The van der Waals surface area contributed by atoms with E-state index in [2.05, 4.69) is 48.2 Å². The first-order chi connectivity index (χ1) is 11.3. The van der Waals surface area contributed by atoms with E-state index in [-0.39, 0.29) is 11.5 Å². The zero-order valence-corrected chi connectivity index (χ0v) is 15.2. The van der Waals surface area contributed by atoms with Gasteiger partial charge in [-0.05, 0) is 19.4 Å². The zero-order valence-electron chi connectivity index (χ0n) is 15.2. The number of hydrogen-bond acceptors (Lipinski definition) is 5. The highest BCUT2D eigenvalue weighted by molar-refractivity contribution is 5.86. The van der Waals surface area contributed by atoms with Gasteiger partial charge < -0.3 is 5.32 Å². The Kier molecular flexibility index (Phi) is 4.03. The lowest BCUT2D eigenvalue weighted by atomic mass is 9.95. The van der Waals surface area contributed by atoms with Gasteiger partial charge in [-0.15, -0.1) is 0 Å². The quantitative estimate of drug-likeness (QED) is 0.797. The molecule has 0 spiro atoms. The Morgan fingerprint density at radius 3 is 2.54 bits per heavy atom. The van der Waals surface area contributed by atoms with Crippen LogP contribution in [0.4, 0.5) is 5.82 Å². The van der Waals surface area contributed by atoms with Crippen LogP contribution in [0, 0.1) is 6.92 Å². The van der Waals surface area contributed by atoms with Gasteiger partial charge in [0.15, 0.2) is 5.65 Å². The van der Waals surface area contributed by atoms with Gasteiger partial charge in [-0.3, -0.25) is 9.36 Å². The number of nitrogens with one attached hydrogen (secondary N) is 1. The van der Waals surface area contributed by atoms with Gasteiger partial charge in [-0.1, -0.05) is 20.8 Å². The number of aromatic nitrogens is 6. The van der Waals surface area contributed by atoms with E-state index in [9.17, 15) is 0 Å². The standard InChI is InChI=1S/C17H25N7/c1-11-7-20-24(10-11)12(2)8-18-14-13-9-19-23(6)15(13)22-16(21-14)17(3,4)5/h7,9-10,12H,8H2,1-6H3,(H,18,21,22)/t12-/m1/s1. The first kappa shape index (κ1) is 16.4. The number of hydrogen-bond donors (Lipinski definition) is 1. The van der Waals surface area contributed by atoms with E-state index >= 15 is 0 Å². The zero-order chi connectivity index (χ0) is 17.5. The van der Waals surface area contributed by atoms with Crippen LogP contribution in [-0.4, -0.2) is 36.1 Å². The van der Waals surface area contributed by atoms with Crippen molar-refractivity contribution in [3.63, 3.8) is 0 Å². The van der Waals surface area contributed by atoms with E-state index in [0.29, 0.717) is 0 Å². The molecule has 0 bridgehead atoms. The van der Waals surface area contributed by atoms with Crippen molar-refractivity contribution in [2.45, 2.75) is 46.1 Å². The molecule has 7 heteroatoms. The molecule has 7 nitrogen and oxygen atoms in total. The fourth-order valence-electron chi connectivity index (χ4n) is 2.50. The van der Waals surface area contributed by atoms with Gasteiger partial charge in [0.2, 0.25) is 0 Å². The third-order valence-electron chi connectivity index (χ3n) is 4.01. The number of aryl methyl sites for hydroxylation is 2. The van der Waals surface area contributed by atoms with Crippen LogP contribution in [0.2, 0.25) is 0 Å². The summed E-state index contributed by atoms with van der Waals surface area (Å²) in [6.45, 7) is 11.2. The molecule has 0 aliphatic heterocycles. The maximum atomic E-state index is 4.75. The highest BCUT2D eigenvalue weighted by Gasteiger charge is 2.21. The summed E-state index contributed by atoms with van der Waals surface area (Å²) in [6, 6.07) is 0.221. The summed E-state index contributed by atoms with van der Waals surface area (Å²) < 4.78 is 3.76. The van der Waals surface area contributed by atoms with Gasteiger partial charge in [0.1, 0.15) is 11.6 Å². The number of rotatable bonds is 4. The predicted octanol–water partition coefficient (Wildman–Crippen LogP) is 2.84. The van der Waals surface area contributed by atoms with Gasteiger partial charge in [0.05, 0.1) is 23.8 Å². The van der Waals surface area contributed by atoms with E-state index in [0.717, 1.165) is 34.8 Å². The lowest BCUT2D eigenvalue weighted by Crippen LogP contribution is -2.20. The van der Waals surface area contributed by atoms with Crippen LogP contribution < -0.4 is 5.32 Å². The van der Waals surface area contributed by atoms with Crippen LogP contribution in [0.25, 0.3) is 11.0 Å². The summed E-state index contributed by atoms with van der Waals surface area (Å²) >= 11 is 0. The first-order valence-corrected chi connectivity index (χ1v) is 8.20. The van der Waals surface area contributed by atoms with Crippen molar-refractivity contribution < 1.29 is 0 Å². The molecule has 0 unspecified atom stereocenters.